The maximum Gasteiger partial charge on any atom is 0.419 e. The van der Waals surface area contributed by atoms with Crippen molar-refractivity contribution in [2.75, 3.05) is 18.4 Å². The molecule has 3 aromatic rings. The summed E-state index contributed by atoms with van der Waals surface area (Å²) in [5, 5.41) is 2.77. The molecule has 2 aromatic carbocycles. The van der Waals surface area contributed by atoms with Crippen LogP contribution in [0.5, 0.6) is 0 Å². The number of nitrogens with zero attached hydrogens (tertiary/aromatic N) is 2. The molecule has 0 bridgehead atoms. The topological polar surface area (TPSA) is 102 Å². The van der Waals surface area contributed by atoms with Crippen LogP contribution >= 0.6 is 11.6 Å². The first kappa shape index (κ1) is 21.1. The highest BCUT2D eigenvalue weighted by Crippen LogP contribution is 2.25. The van der Waals surface area contributed by atoms with Crippen LogP contribution in [-0.2, 0) is 17.1 Å². The third-order valence-corrected chi connectivity index (χ3v) is 6.95. The van der Waals surface area contributed by atoms with Gasteiger partial charge in [0.05, 0.1) is 21.0 Å². The zero-order chi connectivity index (χ0) is 21.3. The number of carbonyl (C=O) groups excluding carboxylic acids is 1. The van der Waals surface area contributed by atoms with E-state index in [9.17, 15) is 18.0 Å². The van der Waals surface area contributed by atoms with Gasteiger partial charge in [-0.3, -0.25) is 9.36 Å². The Bertz CT molecular complexity index is 1240. The summed E-state index contributed by atoms with van der Waals surface area (Å²) in [6.07, 6.45) is 0. The summed E-state index contributed by atoms with van der Waals surface area (Å²) in [7, 11) is -2.16. The number of carbonyl (C=O) groups is 1. The van der Waals surface area contributed by atoms with Crippen LogP contribution in [0.25, 0.3) is 11.1 Å². The molecule has 0 fully saturated rings. The Morgan fingerprint density at radius 1 is 1.17 bits per heavy atom. The van der Waals surface area contributed by atoms with Gasteiger partial charge >= 0.3 is 5.76 Å². The summed E-state index contributed by atoms with van der Waals surface area (Å²) in [5.41, 5.74) is 1.30. The lowest BCUT2D eigenvalue weighted by Crippen LogP contribution is -2.30. The van der Waals surface area contributed by atoms with Gasteiger partial charge in [0.25, 0.3) is 5.91 Å². The van der Waals surface area contributed by atoms with Crippen molar-refractivity contribution >= 4 is 44.3 Å². The fourth-order valence-electron chi connectivity index (χ4n) is 2.96. The SMILES string of the molecule is CCN(CC)S(=O)(=O)c1ccc(Cl)c(C(=O)Nc2ccc3c(c2)oc(=O)n3C)c1. The van der Waals surface area contributed by atoms with Crippen molar-refractivity contribution in [3.8, 4) is 0 Å². The smallest absolute Gasteiger partial charge is 0.408 e. The summed E-state index contributed by atoms with van der Waals surface area (Å²) in [6.45, 7) is 4.10. The largest absolute Gasteiger partial charge is 0.419 e. The Kier molecular flexibility index (Phi) is 5.83. The van der Waals surface area contributed by atoms with Crippen molar-refractivity contribution in [1.29, 1.82) is 0 Å². The highest BCUT2D eigenvalue weighted by atomic mass is 35.5. The number of oxazole rings is 1. The molecule has 0 aliphatic heterocycles. The molecule has 29 heavy (non-hydrogen) atoms. The van der Waals surface area contributed by atoms with Crippen molar-refractivity contribution in [1.82, 2.24) is 8.87 Å². The van der Waals surface area contributed by atoms with Gasteiger partial charge in [0.15, 0.2) is 5.58 Å². The van der Waals surface area contributed by atoms with E-state index in [0.29, 0.717) is 29.9 Å². The van der Waals surface area contributed by atoms with Crippen molar-refractivity contribution in [2.45, 2.75) is 18.7 Å². The van der Waals surface area contributed by atoms with E-state index in [-0.39, 0.29) is 15.5 Å². The number of amides is 1. The molecule has 8 nitrogen and oxygen atoms in total. The second-order valence-corrected chi connectivity index (χ2v) is 8.64. The second-order valence-electron chi connectivity index (χ2n) is 6.29. The normalized spacial score (nSPS) is 11.9. The zero-order valence-electron chi connectivity index (χ0n) is 16.1. The summed E-state index contributed by atoms with van der Waals surface area (Å²) in [6, 6.07) is 8.77. The van der Waals surface area contributed by atoms with Gasteiger partial charge in [0.1, 0.15) is 0 Å². The van der Waals surface area contributed by atoms with E-state index in [1.807, 2.05) is 0 Å². The molecule has 0 saturated carbocycles. The third-order valence-electron chi connectivity index (χ3n) is 4.58. The van der Waals surface area contributed by atoms with E-state index >= 15 is 0 Å². The molecule has 0 aliphatic rings. The van der Waals surface area contributed by atoms with Gasteiger partial charge in [0, 0.05) is 31.9 Å². The van der Waals surface area contributed by atoms with E-state index in [4.69, 9.17) is 16.0 Å². The molecule has 1 amide bonds. The Balaban J connectivity index is 1.94. The third kappa shape index (κ3) is 3.93. The predicted octanol–water partition coefficient (Wildman–Crippen LogP) is 3.07. The number of aromatic nitrogens is 1. The van der Waals surface area contributed by atoms with Gasteiger partial charge < -0.3 is 9.73 Å². The lowest BCUT2D eigenvalue weighted by atomic mass is 10.2. The molecule has 1 aromatic heterocycles. The van der Waals surface area contributed by atoms with Gasteiger partial charge in [0.2, 0.25) is 10.0 Å². The van der Waals surface area contributed by atoms with Gasteiger partial charge in [-0.1, -0.05) is 25.4 Å². The second kappa shape index (κ2) is 8.02. The van der Waals surface area contributed by atoms with Crippen molar-refractivity contribution in [2.24, 2.45) is 7.05 Å². The maximum atomic E-state index is 12.7. The van der Waals surface area contributed by atoms with E-state index in [1.54, 1.807) is 33.0 Å². The van der Waals surface area contributed by atoms with Gasteiger partial charge in [-0.25, -0.2) is 13.2 Å². The van der Waals surface area contributed by atoms with Crippen LogP contribution in [0.15, 0.2) is 50.5 Å². The first-order chi connectivity index (χ1) is 13.7. The number of aryl methyl sites for hydroxylation is 1. The van der Waals surface area contributed by atoms with Crippen LogP contribution < -0.4 is 11.1 Å². The molecule has 0 aliphatic carbocycles. The Morgan fingerprint density at radius 3 is 2.52 bits per heavy atom. The van der Waals surface area contributed by atoms with E-state index in [1.165, 1.54) is 33.1 Å². The van der Waals surface area contributed by atoms with Crippen LogP contribution in [0, 0.1) is 0 Å². The Morgan fingerprint density at radius 2 is 1.86 bits per heavy atom. The number of fused-ring (bicyclic) bond motifs is 1. The number of nitrogens with one attached hydrogen (secondary N) is 1. The average Bonchev–Trinajstić information content (AvgIpc) is 2.96. The maximum absolute atomic E-state index is 12.7. The lowest BCUT2D eigenvalue weighted by Gasteiger charge is -2.19. The molecular weight excluding hydrogens is 418 g/mol. The molecule has 1 N–H and O–H groups in total. The van der Waals surface area contributed by atoms with Crippen molar-refractivity contribution in [3.05, 3.63) is 57.5 Å². The van der Waals surface area contributed by atoms with E-state index in [0.717, 1.165) is 0 Å². The highest BCUT2D eigenvalue weighted by molar-refractivity contribution is 7.89. The first-order valence-electron chi connectivity index (χ1n) is 8.89. The first-order valence-corrected chi connectivity index (χ1v) is 10.7. The highest BCUT2D eigenvalue weighted by Gasteiger charge is 2.24. The average molecular weight is 438 g/mol. The minimum atomic E-state index is -3.74. The molecule has 0 saturated heterocycles. The molecule has 0 atom stereocenters. The molecule has 1 heterocycles. The summed E-state index contributed by atoms with van der Waals surface area (Å²) >= 11 is 6.14. The van der Waals surface area contributed by atoms with Crippen molar-refractivity contribution in [3.63, 3.8) is 0 Å². The van der Waals surface area contributed by atoms with E-state index < -0.39 is 21.7 Å². The quantitative estimate of drug-likeness (QED) is 0.638. The fourth-order valence-corrected chi connectivity index (χ4v) is 4.65. The van der Waals surface area contributed by atoms with Crippen LogP contribution in [-0.4, -0.2) is 36.3 Å². The summed E-state index contributed by atoms with van der Waals surface area (Å²) in [4.78, 5) is 24.3. The van der Waals surface area contributed by atoms with Gasteiger partial charge in [-0.2, -0.15) is 4.31 Å². The minimum Gasteiger partial charge on any atom is -0.408 e. The number of anilines is 1. The number of halogens is 1. The molecular formula is C19H20ClN3O5S. The van der Waals surface area contributed by atoms with Crippen LogP contribution in [0.3, 0.4) is 0 Å². The van der Waals surface area contributed by atoms with E-state index in [2.05, 4.69) is 5.32 Å². The molecule has 154 valence electrons. The van der Waals surface area contributed by atoms with Crippen molar-refractivity contribution < 1.29 is 17.6 Å². The standard InChI is InChI=1S/C19H20ClN3O5S/c1-4-23(5-2)29(26,27)13-7-8-15(20)14(11-13)18(24)21-12-6-9-16-17(10-12)28-19(25)22(16)3/h6-11H,4-5H2,1-3H3,(H,21,24). The fraction of sp³-hybridized carbons (Fsp3) is 0.263. The number of hydrogen-bond donors (Lipinski definition) is 1. The van der Waals surface area contributed by atoms with Crippen LogP contribution in [0.2, 0.25) is 5.02 Å². The van der Waals surface area contributed by atoms with Gasteiger partial charge in [-0.05, 0) is 30.3 Å². The molecule has 0 spiro atoms. The molecule has 0 radical (unpaired) electrons. The molecule has 3 rings (SSSR count). The lowest BCUT2D eigenvalue weighted by molar-refractivity contribution is 0.102. The van der Waals surface area contributed by atoms with Crippen LogP contribution in [0.1, 0.15) is 24.2 Å². The summed E-state index contributed by atoms with van der Waals surface area (Å²) < 4.78 is 33.2. The summed E-state index contributed by atoms with van der Waals surface area (Å²) in [5.74, 6) is -1.09. The Hall–Kier alpha value is -2.62. The number of sulfonamides is 1. The molecule has 10 heteroatoms. The number of hydrogen-bond acceptors (Lipinski definition) is 5. The predicted molar refractivity (Wildman–Crippen MR) is 111 cm³/mol. The Labute approximate surface area is 172 Å². The number of benzene rings is 2. The van der Waals surface area contributed by atoms with Crippen LogP contribution in [0.4, 0.5) is 5.69 Å². The number of rotatable bonds is 6. The molecule has 0 unspecified atom stereocenters. The zero-order valence-corrected chi connectivity index (χ0v) is 17.7. The monoisotopic (exact) mass is 437 g/mol. The minimum absolute atomic E-state index is 0.0136. The van der Waals surface area contributed by atoms with Gasteiger partial charge in [-0.15, -0.1) is 0 Å².